The van der Waals surface area contributed by atoms with Crippen molar-refractivity contribution in [3.05, 3.63) is 51.9 Å². The van der Waals surface area contributed by atoms with Crippen molar-refractivity contribution in [3.8, 4) is 11.5 Å². The van der Waals surface area contributed by atoms with Gasteiger partial charge in [0.1, 0.15) is 23.2 Å². The van der Waals surface area contributed by atoms with Crippen molar-refractivity contribution in [2.75, 3.05) is 27.1 Å². The Kier molecular flexibility index (Phi) is 10.00. The molecule has 0 bridgehead atoms. The molecule has 2 heterocycles. The number of methoxy groups -OCH3 is 1. The molecule has 0 saturated carbocycles. The van der Waals surface area contributed by atoms with Gasteiger partial charge in [0, 0.05) is 29.9 Å². The van der Waals surface area contributed by atoms with Crippen molar-refractivity contribution < 1.29 is 33.2 Å². The van der Waals surface area contributed by atoms with Gasteiger partial charge in [-0.15, -0.1) is 0 Å². The number of benzene rings is 1. The smallest absolute Gasteiger partial charge is 0.342 e. The van der Waals surface area contributed by atoms with E-state index in [1.807, 2.05) is 39.8 Å². The van der Waals surface area contributed by atoms with Crippen LogP contribution in [0.2, 0.25) is 0 Å². The summed E-state index contributed by atoms with van der Waals surface area (Å²) in [6, 6.07) is 3.34. The molecule has 1 saturated heterocycles. The van der Waals surface area contributed by atoms with E-state index < -0.39 is 17.9 Å². The largest absolute Gasteiger partial charge is 0.493 e. The molecule has 202 valence electrons. The van der Waals surface area contributed by atoms with E-state index >= 15 is 0 Å². The number of fused-ring (bicyclic) bond motifs is 2. The van der Waals surface area contributed by atoms with Crippen LogP contribution in [0.15, 0.2) is 35.5 Å². The molecule has 37 heavy (non-hydrogen) atoms. The van der Waals surface area contributed by atoms with Gasteiger partial charge in [-0.05, 0) is 44.4 Å². The average Bonchev–Trinajstić information content (AvgIpc) is 3.17. The highest BCUT2D eigenvalue weighted by atomic mass is 16.8. The number of rotatable bonds is 7. The van der Waals surface area contributed by atoms with Crippen LogP contribution in [0.5, 0.6) is 11.5 Å². The highest BCUT2D eigenvalue weighted by molar-refractivity contribution is 5.97. The van der Waals surface area contributed by atoms with Gasteiger partial charge in [0.05, 0.1) is 25.4 Å². The molecule has 1 fully saturated rings. The van der Waals surface area contributed by atoms with E-state index in [0.717, 1.165) is 0 Å². The van der Waals surface area contributed by atoms with Crippen LogP contribution in [0.4, 0.5) is 0 Å². The molecule has 0 spiro atoms. The second-order valence-corrected chi connectivity index (χ2v) is 9.73. The second-order valence-electron chi connectivity index (χ2n) is 9.73. The summed E-state index contributed by atoms with van der Waals surface area (Å²) in [7, 11) is 1.50. The molecule has 0 radical (unpaired) electrons. The van der Waals surface area contributed by atoms with Crippen molar-refractivity contribution >= 4 is 12.0 Å². The SMILES string of the molecule is COCOc1cc(OCCN=[N+]=[N-])cc2c1C(=O)O[C@@H](C)[C@H](C)/C=C\C(C)C1OC(C)(C)OC1CC=C2. The van der Waals surface area contributed by atoms with Crippen molar-refractivity contribution in [3.63, 3.8) is 0 Å². The molecule has 10 heteroatoms. The van der Waals surface area contributed by atoms with Crippen LogP contribution in [-0.4, -0.2) is 57.1 Å². The third-order valence-electron chi connectivity index (χ3n) is 6.32. The van der Waals surface area contributed by atoms with E-state index in [1.165, 1.54) is 7.11 Å². The van der Waals surface area contributed by atoms with Gasteiger partial charge in [-0.2, -0.15) is 0 Å². The predicted molar refractivity (Wildman–Crippen MR) is 138 cm³/mol. The maximum absolute atomic E-state index is 13.4. The van der Waals surface area contributed by atoms with E-state index in [-0.39, 0.29) is 55.3 Å². The van der Waals surface area contributed by atoms with Crippen LogP contribution >= 0.6 is 0 Å². The number of carbonyl (C=O) groups excluding carboxylic acids is 1. The summed E-state index contributed by atoms with van der Waals surface area (Å²) in [4.78, 5) is 16.2. The summed E-state index contributed by atoms with van der Waals surface area (Å²) < 4.78 is 34.9. The topological polar surface area (TPSA) is 121 Å². The number of ether oxygens (including phenoxy) is 6. The van der Waals surface area contributed by atoms with Gasteiger partial charge >= 0.3 is 5.97 Å². The lowest BCUT2D eigenvalue weighted by atomic mass is 9.94. The van der Waals surface area contributed by atoms with Gasteiger partial charge in [-0.3, -0.25) is 0 Å². The summed E-state index contributed by atoms with van der Waals surface area (Å²) in [5.74, 6) is -0.413. The van der Waals surface area contributed by atoms with Gasteiger partial charge in [-0.25, -0.2) is 4.79 Å². The highest BCUT2D eigenvalue weighted by Crippen LogP contribution is 2.36. The van der Waals surface area contributed by atoms with Crippen LogP contribution in [-0.2, 0) is 18.9 Å². The Labute approximate surface area is 218 Å². The minimum Gasteiger partial charge on any atom is -0.493 e. The maximum Gasteiger partial charge on any atom is 0.342 e. The molecule has 0 aliphatic carbocycles. The first-order chi connectivity index (χ1) is 17.6. The average molecular weight is 516 g/mol. The highest BCUT2D eigenvalue weighted by Gasteiger charge is 2.42. The van der Waals surface area contributed by atoms with E-state index in [4.69, 9.17) is 34.0 Å². The first-order valence-electron chi connectivity index (χ1n) is 12.5. The summed E-state index contributed by atoms with van der Waals surface area (Å²) in [6.07, 6.45) is 7.84. The monoisotopic (exact) mass is 515 g/mol. The molecular weight excluding hydrogens is 478 g/mol. The van der Waals surface area contributed by atoms with Crippen LogP contribution in [0, 0.1) is 11.8 Å². The molecule has 0 amide bonds. The van der Waals surface area contributed by atoms with E-state index in [0.29, 0.717) is 17.7 Å². The fraction of sp³-hybridized carbons (Fsp3) is 0.593. The number of nitrogens with zero attached hydrogens (tertiary/aromatic N) is 3. The Morgan fingerprint density at radius 3 is 2.62 bits per heavy atom. The quantitative estimate of drug-likeness (QED) is 0.0872. The Bertz CT molecular complexity index is 1050. The Morgan fingerprint density at radius 2 is 1.89 bits per heavy atom. The molecule has 3 unspecified atom stereocenters. The van der Waals surface area contributed by atoms with Gasteiger partial charge in [0.25, 0.3) is 0 Å². The van der Waals surface area contributed by atoms with Gasteiger partial charge in [0.15, 0.2) is 12.6 Å². The number of esters is 1. The first kappa shape index (κ1) is 28.5. The van der Waals surface area contributed by atoms with Crippen LogP contribution in [0.1, 0.15) is 57.0 Å². The van der Waals surface area contributed by atoms with E-state index in [9.17, 15) is 4.79 Å². The summed E-state index contributed by atoms with van der Waals surface area (Å²) in [5, 5.41) is 3.49. The molecule has 0 aromatic heterocycles. The molecule has 0 N–H and O–H groups in total. The third-order valence-corrected chi connectivity index (χ3v) is 6.32. The predicted octanol–water partition coefficient (Wildman–Crippen LogP) is 5.67. The Hall–Kier alpha value is -3.04. The van der Waals surface area contributed by atoms with Crippen LogP contribution < -0.4 is 9.47 Å². The summed E-state index contributed by atoms with van der Waals surface area (Å²) >= 11 is 0. The second kappa shape index (κ2) is 13.0. The number of cyclic esters (lactones) is 1. The van der Waals surface area contributed by atoms with Gasteiger partial charge in [-0.1, -0.05) is 43.3 Å². The zero-order chi connectivity index (χ0) is 27.0. The Balaban J connectivity index is 2.04. The fourth-order valence-electron chi connectivity index (χ4n) is 4.30. The van der Waals surface area contributed by atoms with E-state index in [1.54, 1.807) is 12.1 Å². The maximum atomic E-state index is 13.4. The molecule has 3 rings (SSSR count). The molecular formula is C27H37N3O7. The van der Waals surface area contributed by atoms with E-state index in [2.05, 4.69) is 29.1 Å². The molecule has 1 aromatic carbocycles. The fourth-order valence-corrected chi connectivity index (χ4v) is 4.30. The number of carbonyl (C=O) groups is 1. The number of hydrogen-bond donors (Lipinski definition) is 0. The minimum atomic E-state index is -0.691. The lowest BCUT2D eigenvalue weighted by molar-refractivity contribution is -0.148. The van der Waals surface area contributed by atoms with Crippen molar-refractivity contribution in [2.24, 2.45) is 17.0 Å². The first-order valence-corrected chi connectivity index (χ1v) is 12.5. The standard InChI is InChI=1S/C27H37N3O7/c1-17-10-11-18(2)25-22(36-27(4,5)37-25)9-7-8-20-14-21(33-13-12-29-30-28)15-23(34-16-32-6)24(20)26(31)35-19(17)3/h7-8,10-11,14-15,17-19,22,25H,9,12-13,16H2,1-6H3/b8-7?,11-10-/t17-,18?,19+,22?,25?/m1/s1. The summed E-state index contributed by atoms with van der Waals surface area (Å²) in [5.41, 5.74) is 9.35. The lowest BCUT2D eigenvalue weighted by Crippen LogP contribution is -2.29. The summed E-state index contributed by atoms with van der Waals surface area (Å²) in [6.45, 7) is 10.1. The minimum absolute atomic E-state index is 0.0336. The third kappa shape index (κ3) is 7.72. The van der Waals surface area contributed by atoms with Crippen molar-refractivity contribution in [1.29, 1.82) is 0 Å². The van der Waals surface area contributed by atoms with Gasteiger partial charge < -0.3 is 28.4 Å². The van der Waals surface area contributed by atoms with Gasteiger partial charge in [0.2, 0.25) is 0 Å². The van der Waals surface area contributed by atoms with Crippen LogP contribution in [0.3, 0.4) is 0 Å². The van der Waals surface area contributed by atoms with Crippen LogP contribution in [0.25, 0.3) is 16.5 Å². The molecule has 10 nitrogen and oxygen atoms in total. The lowest BCUT2D eigenvalue weighted by Gasteiger charge is -2.23. The molecule has 2 aliphatic heterocycles. The zero-order valence-electron chi connectivity index (χ0n) is 22.4. The van der Waals surface area contributed by atoms with Crippen molar-refractivity contribution in [2.45, 2.75) is 65.1 Å². The number of azide groups is 1. The van der Waals surface area contributed by atoms with Crippen molar-refractivity contribution in [1.82, 2.24) is 0 Å². The number of hydrogen-bond acceptors (Lipinski definition) is 8. The zero-order valence-corrected chi connectivity index (χ0v) is 22.4. The molecule has 1 aromatic rings. The molecule has 5 atom stereocenters. The molecule has 2 aliphatic rings. The normalized spacial score (nSPS) is 28.2. The Morgan fingerprint density at radius 1 is 1.14 bits per heavy atom.